The van der Waals surface area contributed by atoms with Crippen LogP contribution in [0, 0.1) is 5.82 Å². The molecule has 3 rings (SSSR count). The highest BCUT2D eigenvalue weighted by atomic mass is 19.4. The first-order valence-corrected chi connectivity index (χ1v) is 9.50. The molecule has 1 fully saturated rings. The molecule has 1 aromatic heterocycles. The van der Waals surface area contributed by atoms with Gasteiger partial charge in [-0.2, -0.15) is 13.2 Å². The van der Waals surface area contributed by atoms with Crippen LogP contribution in [0.15, 0.2) is 49.3 Å². The van der Waals surface area contributed by atoms with Crippen LogP contribution in [-0.2, 0) is 21.3 Å². The summed E-state index contributed by atoms with van der Waals surface area (Å²) in [5.41, 5.74) is -1.15. The van der Waals surface area contributed by atoms with Crippen LogP contribution in [0.2, 0.25) is 0 Å². The molecule has 1 aromatic carbocycles. The average molecular weight is 438 g/mol. The lowest BCUT2D eigenvalue weighted by atomic mass is 9.96. The zero-order chi connectivity index (χ0) is 22.8. The van der Waals surface area contributed by atoms with Gasteiger partial charge in [-0.05, 0) is 37.6 Å². The van der Waals surface area contributed by atoms with Crippen molar-refractivity contribution in [2.24, 2.45) is 0 Å². The van der Waals surface area contributed by atoms with E-state index < -0.39 is 35.3 Å². The Morgan fingerprint density at radius 1 is 1.16 bits per heavy atom. The van der Waals surface area contributed by atoms with E-state index in [0.717, 1.165) is 24.5 Å². The Hall–Kier alpha value is -3.01. The second-order valence-electron chi connectivity index (χ2n) is 7.66. The Kier molecular flexibility index (Phi) is 6.30. The number of benzene rings is 1. The quantitative estimate of drug-likeness (QED) is 0.550. The van der Waals surface area contributed by atoms with E-state index in [1.807, 2.05) is 0 Å². The summed E-state index contributed by atoms with van der Waals surface area (Å²) in [6.45, 7) is 7.45. The molecule has 2 aromatic rings. The fraction of sp³-hybridized carbons (Fsp3) is 0.381. The molecule has 1 N–H and O–H groups in total. The molecule has 0 bridgehead atoms. The highest BCUT2D eigenvalue weighted by molar-refractivity contribution is 5.87. The molecule has 2 atom stereocenters. The third-order valence-corrected chi connectivity index (χ3v) is 5.04. The summed E-state index contributed by atoms with van der Waals surface area (Å²) in [7, 11) is 0. The predicted molar refractivity (Wildman–Crippen MR) is 106 cm³/mol. The monoisotopic (exact) mass is 438 g/mol. The van der Waals surface area contributed by atoms with Crippen molar-refractivity contribution >= 4 is 11.9 Å². The van der Waals surface area contributed by atoms with Gasteiger partial charge >= 0.3 is 6.18 Å². The molecular weight excluding hydrogens is 416 g/mol. The maximum Gasteiger partial charge on any atom is 0.416 e. The van der Waals surface area contributed by atoms with Gasteiger partial charge in [0.05, 0.1) is 35.7 Å². The third kappa shape index (κ3) is 5.38. The van der Waals surface area contributed by atoms with Crippen LogP contribution in [0.5, 0.6) is 0 Å². The van der Waals surface area contributed by atoms with Crippen molar-refractivity contribution in [2.45, 2.75) is 37.8 Å². The normalized spacial score (nSPS) is 19.4. The average Bonchev–Trinajstić information content (AvgIpc) is 3.10. The number of ether oxygens (including phenoxy) is 1. The molecule has 10 heteroatoms. The number of rotatable bonds is 6. The molecule has 1 aliphatic heterocycles. The molecule has 2 heterocycles. The highest BCUT2D eigenvalue weighted by Gasteiger charge is 2.40. The number of likely N-dealkylation sites (tertiary alicyclic amines) is 1. The van der Waals surface area contributed by atoms with Gasteiger partial charge in [-0.25, -0.2) is 14.4 Å². The van der Waals surface area contributed by atoms with Gasteiger partial charge in [0.25, 0.3) is 0 Å². The maximum atomic E-state index is 13.1. The Morgan fingerprint density at radius 2 is 1.74 bits per heavy atom. The predicted octanol–water partition coefficient (Wildman–Crippen LogP) is 3.76. The molecule has 0 aliphatic carbocycles. The van der Waals surface area contributed by atoms with Gasteiger partial charge in [-0.1, -0.05) is 18.7 Å². The standard InChI is InChI=1S/C21H22F4N4O2/c1-4-18(30)29-11-16(28-19-26-9-15(22)10-27-19)17(12-29)31-20(2,3)13-5-7-14(8-6-13)21(23,24)25/h4-10,16-17H,1,11-12H2,2-3H3,(H,26,27,28)/t16-,17-/m1/s1. The molecule has 0 unspecified atom stereocenters. The molecule has 0 spiro atoms. The topological polar surface area (TPSA) is 67.4 Å². The van der Waals surface area contributed by atoms with E-state index in [9.17, 15) is 22.4 Å². The second-order valence-corrected chi connectivity index (χ2v) is 7.66. The number of nitrogens with one attached hydrogen (secondary N) is 1. The molecule has 166 valence electrons. The van der Waals surface area contributed by atoms with E-state index >= 15 is 0 Å². The van der Waals surface area contributed by atoms with Crippen molar-refractivity contribution in [3.8, 4) is 0 Å². The first kappa shape index (κ1) is 22.7. The Labute approximate surface area is 176 Å². The Balaban J connectivity index is 1.79. The molecule has 6 nitrogen and oxygen atoms in total. The summed E-state index contributed by atoms with van der Waals surface area (Å²) in [6, 6.07) is 4.32. The highest BCUT2D eigenvalue weighted by Crippen LogP contribution is 2.34. The van der Waals surface area contributed by atoms with Gasteiger partial charge in [0.15, 0.2) is 5.82 Å². The fourth-order valence-electron chi connectivity index (χ4n) is 3.40. The van der Waals surface area contributed by atoms with Crippen molar-refractivity contribution in [1.29, 1.82) is 0 Å². The summed E-state index contributed by atoms with van der Waals surface area (Å²) < 4.78 is 57.9. The first-order chi connectivity index (χ1) is 14.5. The van der Waals surface area contributed by atoms with E-state index in [1.165, 1.54) is 23.1 Å². The molecule has 0 radical (unpaired) electrons. The summed E-state index contributed by atoms with van der Waals surface area (Å²) in [5, 5.41) is 3.04. The van der Waals surface area contributed by atoms with Gasteiger partial charge < -0.3 is 15.0 Å². The van der Waals surface area contributed by atoms with Crippen molar-refractivity contribution in [1.82, 2.24) is 14.9 Å². The number of nitrogens with zero attached hydrogens (tertiary/aromatic N) is 3. The van der Waals surface area contributed by atoms with E-state index in [4.69, 9.17) is 4.74 Å². The number of hydrogen-bond donors (Lipinski definition) is 1. The van der Waals surface area contributed by atoms with Crippen LogP contribution in [0.1, 0.15) is 25.0 Å². The molecule has 31 heavy (non-hydrogen) atoms. The number of alkyl halides is 3. The minimum atomic E-state index is -4.43. The van der Waals surface area contributed by atoms with Crippen LogP contribution in [0.25, 0.3) is 0 Å². The van der Waals surface area contributed by atoms with Crippen molar-refractivity contribution in [2.75, 3.05) is 18.4 Å². The van der Waals surface area contributed by atoms with Gasteiger partial charge in [0, 0.05) is 13.1 Å². The van der Waals surface area contributed by atoms with Gasteiger partial charge in [0.2, 0.25) is 11.9 Å². The van der Waals surface area contributed by atoms with Crippen molar-refractivity contribution < 1.29 is 27.1 Å². The lowest BCUT2D eigenvalue weighted by Crippen LogP contribution is -2.40. The zero-order valence-corrected chi connectivity index (χ0v) is 17.0. The van der Waals surface area contributed by atoms with E-state index in [0.29, 0.717) is 5.56 Å². The summed E-state index contributed by atoms with van der Waals surface area (Å²) in [4.78, 5) is 21.4. The summed E-state index contributed by atoms with van der Waals surface area (Å²) in [5.74, 6) is -0.706. The zero-order valence-electron chi connectivity index (χ0n) is 17.0. The minimum Gasteiger partial charge on any atom is -0.364 e. The maximum absolute atomic E-state index is 13.1. The lowest BCUT2D eigenvalue weighted by molar-refractivity contribution is -0.137. The van der Waals surface area contributed by atoms with Gasteiger partial charge in [-0.15, -0.1) is 0 Å². The second kappa shape index (κ2) is 8.62. The number of amides is 1. The number of anilines is 1. The number of halogens is 4. The number of aromatic nitrogens is 2. The lowest BCUT2D eigenvalue weighted by Gasteiger charge is -2.32. The van der Waals surface area contributed by atoms with E-state index in [2.05, 4.69) is 21.9 Å². The van der Waals surface area contributed by atoms with Gasteiger partial charge in [-0.3, -0.25) is 4.79 Å². The SMILES string of the molecule is C=CC(=O)N1C[C@@H](Nc2ncc(F)cn2)[C@H](OC(C)(C)c2ccc(C(F)(F)F)cc2)C1. The van der Waals surface area contributed by atoms with Crippen LogP contribution in [-0.4, -0.2) is 46.0 Å². The van der Waals surface area contributed by atoms with Crippen LogP contribution < -0.4 is 5.32 Å². The molecule has 1 saturated heterocycles. The number of carbonyl (C=O) groups excluding carboxylic acids is 1. The molecule has 0 saturated carbocycles. The smallest absolute Gasteiger partial charge is 0.364 e. The van der Waals surface area contributed by atoms with Crippen LogP contribution in [0.4, 0.5) is 23.5 Å². The van der Waals surface area contributed by atoms with Crippen LogP contribution in [0.3, 0.4) is 0 Å². The molecule has 1 amide bonds. The number of hydrogen-bond acceptors (Lipinski definition) is 5. The van der Waals surface area contributed by atoms with Crippen molar-refractivity contribution in [3.05, 3.63) is 66.3 Å². The number of carbonyl (C=O) groups is 1. The minimum absolute atomic E-state index is 0.167. The first-order valence-electron chi connectivity index (χ1n) is 9.50. The molecular formula is C21H22F4N4O2. The van der Waals surface area contributed by atoms with Crippen molar-refractivity contribution in [3.63, 3.8) is 0 Å². The third-order valence-electron chi connectivity index (χ3n) is 5.04. The van der Waals surface area contributed by atoms with Crippen LogP contribution >= 0.6 is 0 Å². The van der Waals surface area contributed by atoms with E-state index in [-0.39, 0.29) is 24.9 Å². The summed E-state index contributed by atoms with van der Waals surface area (Å²) in [6.07, 6.45) is -1.74. The summed E-state index contributed by atoms with van der Waals surface area (Å²) >= 11 is 0. The van der Waals surface area contributed by atoms with Gasteiger partial charge in [0.1, 0.15) is 0 Å². The Morgan fingerprint density at radius 3 is 2.29 bits per heavy atom. The fourth-order valence-corrected chi connectivity index (χ4v) is 3.40. The Bertz CT molecular complexity index is 930. The largest absolute Gasteiger partial charge is 0.416 e. The van der Waals surface area contributed by atoms with E-state index in [1.54, 1.807) is 13.8 Å². The molecule has 1 aliphatic rings.